The van der Waals surface area contributed by atoms with E-state index >= 15 is 0 Å². The molecule has 0 radical (unpaired) electrons. The van der Waals surface area contributed by atoms with Crippen molar-refractivity contribution in [2.75, 3.05) is 31.1 Å². The van der Waals surface area contributed by atoms with Gasteiger partial charge in [0.25, 0.3) is 5.91 Å². The highest BCUT2D eigenvalue weighted by atomic mass is 16.3. The minimum atomic E-state index is -0.914. The lowest BCUT2D eigenvalue weighted by Gasteiger charge is -2.54. The summed E-state index contributed by atoms with van der Waals surface area (Å²) in [6.07, 6.45) is 10.2. The van der Waals surface area contributed by atoms with E-state index in [1.807, 2.05) is 51.7 Å². The molecule has 6 rings (SSSR count). The molecule has 39 heavy (non-hydrogen) atoms. The Morgan fingerprint density at radius 3 is 2.44 bits per heavy atom. The number of amides is 1. The minimum absolute atomic E-state index is 0.0701. The highest BCUT2D eigenvalue weighted by Gasteiger charge is 2.48. The molecule has 10 nitrogen and oxygen atoms in total. The van der Waals surface area contributed by atoms with Crippen LogP contribution in [-0.4, -0.2) is 72.6 Å². The van der Waals surface area contributed by atoms with Crippen LogP contribution in [0.25, 0.3) is 27.8 Å². The molecule has 2 aliphatic heterocycles. The molecule has 200 valence electrons. The Balaban J connectivity index is 1.19. The van der Waals surface area contributed by atoms with Gasteiger partial charge in [0.05, 0.1) is 23.5 Å². The van der Waals surface area contributed by atoms with Gasteiger partial charge in [0.1, 0.15) is 18.0 Å². The maximum absolute atomic E-state index is 12.5. The second-order valence-electron chi connectivity index (χ2n) is 11.3. The summed E-state index contributed by atoms with van der Waals surface area (Å²) in [6.45, 7) is 6.95. The smallest absolute Gasteiger partial charge is 0.251 e. The summed E-state index contributed by atoms with van der Waals surface area (Å²) in [5.41, 5.74) is 5.15. The number of nitrogens with zero attached hydrogens (tertiary/aromatic N) is 8. The number of hydrogen-bond donors (Lipinski definition) is 1. The molecule has 0 saturated carbocycles. The molecular weight excluding hydrogens is 492 g/mol. The number of fused-ring (bicyclic) bond motifs is 1. The molecule has 10 heteroatoms. The third-order valence-electron chi connectivity index (χ3n) is 8.23. The number of piperidine rings is 1. The molecule has 1 amide bonds. The number of carbonyl (C=O) groups is 1. The first-order valence-electron chi connectivity index (χ1n) is 13.4. The van der Waals surface area contributed by atoms with Gasteiger partial charge >= 0.3 is 0 Å². The maximum Gasteiger partial charge on any atom is 0.251 e. The molecule has 1 spiro atoms. The average Bonchev–Trinajstić information content (AvgIpc) is 3.56. The van der Waals surface area contributed by atoms with Gasteiger partial charge in [0.2, 0.25) is 0 Å². The number of likely N-dealkylation sites (tertiary alicyclic amines) is 1. The van der Waals surface area contributed by atoms with Crippen molar-refractivity contribution in [3.63, 3.8) is 0 Å². The van der Waals surface area contributed by atoms with Gasteiger partial charge in [-0.3, -0.25) is 9.48 Å². The normalized spacial score (nSPS) is 17.4. The van der Waals surface area contributed by atoms with Crippen molar-refractivity contribution in [1.29, 1.82) is 5.26 Å². The summed E-state index contributed by atoms with van der Waals surface area (Å²) in [5.74, 6) is 0.707. The summed E-state index contributed by atoms with van der Waals surface area (Å²) in [7, 11) is 1.88. The molecule has 2 aliphatic rings. The third-order valence-corrected chi connectivity index (χ3v) is 8.23. The highest BCUT2D eigenvalue weighted by Crippen LogP contribution is 2.42. The van der Waals surface area contributed by atoms with Crippen LogP contribution in [0.5, 0.6) is 0 Å². The maximum atomic E-state index is 12.5. The summed E-state index contributed by atoms with van der Waals surface area (Å²) in [5, 5.41) is 28.5. The molecule has 1 N–H and O–H groups in total. The Kier molecular flexibility index (Phi) is 6.11. The lowest BCUT2D eigenvalue weighted by Crippen LogP contribution is -2.63. The SMILES string of the molecule is CC(C)C(O)C(=O)N1CC2(CCN(c3ccc(-c4cc(-c5cnn(C)c5)cn5ncc(C#N)c45)cn3)CC2)C1. The Morgan fingerprint density at radius 1 is 1.05 bits per heavy atom. The van der Waals surface area contributed by atoms with E-state index in [9.17, 15) is 15.2 Å². The van der Waals surface area contributed by atoms with Gasteiger partial charge in [-0.25, -0.2) is 9.50 Å². The monoisotopic (exact) mass is 524 g/mol. The average molecular weight is 525 g/mol. The zero-order chi connectivity index (χ0) is 27.3. The Labute approximate surface area is 227 Å². The number of carbonyl (C=O) groups excluding carboxylic acids is 1. The Hall–Kier alpha value is -4.23. The van der Waals surface area contributed by atoms with E-state index in [-0.39, 0.29) is 17.2 Å². The number of aryl methyl sites for hydroxylation is 1. The molecule has 0 aromatic carbocycles. The number of pyridine rings is 2. The van der Waals surface area contributed by atoms with Gasteiger partial charge in [-0.2, -0.15) is 15.5 Å². The number of nitriles is 1. The van der Waals surface area contributed by atoms with Gasteiger partial charge in [0.15, 0.2) is 0 Å². The predicted molar refractivity (Wildman–Crippen MR) is 147 cm³/mol. The molecule has 1 unspecified atom stereocenters. The van der Waals surface area contributed by atoms with Gasteiger partial charge in [-0.1, -0.05) is 13.8 Å². The van der Waals surface area contributed by atoms with Crippen LogP contribution in [-0.2, 0) is 11.8 Å². The van der Waals surface area contributed by atoms with Crippen molar-refractivity contribution < 1.29 is 9.90 Å². The van der Waals surface area contributed by atoms with Crippen LogP contribution in [0.1, 0.15) is 32.3 Å². The largest absolute Gasteiger partial charge is 0.383 e. The molecule has 4 aromatic rings. The number of rotatable bonds is 5. The minimum Gasteiger partial charge on any atom is -0.383 e. The van der Waals surface area contributed by atoms with Crippen LogP contribution in [0, 0.1) is 22.7 Å². The second-order valence-corrected chi connectivity index (χ2v) is 11.3. The standard InChI is InChI=1S/C29H32N8O2/c1-19(2)27(38)28(39)36-17-29(18-36)6-8-35(9-7-29)25-5-4-20(12-31-25)24-10-21(23-14-32-34(3)15-23)16-37-26(24)22(11-30)13-33-37/h4-5,10,12-16,19,27,38H,6-9,17-18H2,1-3H3. The van der Waals surface area contributed by atoms with E-state index in [2.05, 4.69) is 33.3 Å². The van der Waals surface area contributed by atoms with Gasteiger partial charge in [0, 0.05) is 79.5 Å². The molecule has 0 aliphatic carbocycles. The van der Waals surface area contributed by atoms with E-state index in [1.165, 1.54) is 0 Å². The molecule has 1 atom stereocenters. The Morgan fingerprint density at radius 2 is 1.82 bits per heavy atom. The predicted octanol–water partition coefficient (Wildman–Crippen LogP) is 3.11. The van der Waals surface area contributed by atoms with E-state index in [0.29, 0.717) is 5.56 Å². The zero-order valence-corrected chi connectivity index (χ0v) is 22.4. The summed E-state index contributed by atoms with van der Waals surface area (Å²) < 4.78 is 3.51. The zero-order valence-electron chi connectivity index (χ0n) is 22.4. The van der Waals surface area contributed by atoms with Gasteiger partial charge in [-0.15, -0.1) is 0 Å². The van der Waals surface area contributed by atoms with Crippen molar-refractivity contribution in [3.05, 3.63) is 54.7 Å². The van der Waals surface area contributed by atoms with Crippen LogP contribution in [0.4, 0.5) is 5.82 Å². The number of aliphatic hydroxyl groups is 1. The lowest BCUT2D eigenvalue weighted by atomic mass is 9.71. The van der Waals surface area contributed by atoms with E-state index < -0.39 is 6.10 Å². The first kappa shape index (κ1) is 25.1. The first-order valence-corrected chi connectivity index (χ1v) is 13.4. The fourth-order valence-corrected chi connectivity index (χ4v) is 5.80. The molecule has 0 bridgehead atoms. The quantitative estimate of drug-likeness (QED) is 0.426. The molecular formula is C29H32N8O2. The van der Waals surface area contributed by atoms with Crippen molar-refractivity contribution >= 4 is 17.2 Å². The summed E-state index contributed by atoms with van der Waals surface area (Å²) in [4.78, 5) is 21.4. The number of anilines is 1. The van der Waals surface area contributed by atoms with Crippen molar-refractivity contribution in [1.82, 2.24) is 29.3 Å². The highest BCUT2D eigenvalue weighted by molar-refractivity contribution is 5.87. The lowest BCUT2D eigenvalue weighted by molar-refractivity contribution is -0.156. The van der Waals surface area contributed by atoms with Gasteiger partial charge in [-0.05, 0) is 37.0 Å². The topological polar surface area (TPSA) is 116 Å². The molecule has 2 fully saturated rings. The van der Waals surface area contributed by atoms with Crippen molar-refractivity contribution in [2.24, 2.45) is 18.4 Å². The van der Waals surface area contributed by atoms with Crippen LogP contribution in [0.15, 0.2) is 49.2 Å². The van der Waals surface area contributed by atoms with Crippen LogP contribution in [0.3, 0.4) is 0 Å². The molecule has 2 saturated heterocycles. The van der Waals surface area contributed by atoms with E-state index in [1.54, 1.807) is 20.3 Å². The fraction of sp³-hybridized carbons (Fsp3) is 0.414. The summed E-state index contributed by atoms with van der Waals surface area (Å²) in [6, 6.07) is 8.42. The number of hydrogen-bond acceptors (Lipinski definition) is 7. The van der Waals surface area contributed by atoms with Crippen LogP contribution >= 0.6 is 0 Å². The van der Waals surface area contributed by atoms with Gasteiger partial charge < -0.3 is 14.9 Å². The Bertz CT molecular complexity index is 1560. The number of aromatic nitrogens is 5. The van der Waals surface area contributed by atoms with Crippen molar-refractivity contribution in [3.8, 4) is 28.3 Å². The van der Waals surface area contributed by atoms with Crippen LogP contribution in [0.2, 0.25) is 0 Å². The molecule has 6 heterocycles. The van der Waals surface area contributed by atoms with E-state index in [0.717, 1.165) is 72.6 Å². The van der Waals surface area contributed by atoms with Crippen LogP contribution < -0.4 is 4.90 Å². The molecule has 4 aromatic heterocycles. The number of aliphatic hydroxyl groups excluding tert-OH is 1. The van der Waals surface area contributed by atoms with Crippen molar-refractivity contribution in [2.45, 2.75) is 32.8 Å². The van der Waals surface area contributed by atoms with E-state index in [4.69, 9.17) is 4.98 Å². The summed E-state index contributed by atoms with van der Waals surface area (Å²) >= 11 is 0. The first-order chi connectivity index (χ1) is 18.8. The third kappa shape index (κ3) is 4.42. The second kappa shape index (κ2) is 9.50. The fourth-order valence-electron chi connectivity index (χ4n) is 5.80.